The summed E-state index contributed by atoms with van der Waals surface area (Å²) in [6, 6.07) is 6.88. The molecule has 0 aromatic heterocycles. The maximum atomic E-state index is 12.0. The van der Waals surface area contributed by atoms with Crippen molar-refractivity contribution in [2.45, 2.75) is 63.3 Å². The van der Waals surface area contributed by atoms with Crippen molar-refractivity contribution in [3.8, 4) is 0 Å². The summed E-state index contributed by atoms with van der Waals surface area (Å²) in [6.07, 6.45) is 7.00. The van der Waals surface area contributed by atoms with Crippen molar-refractivity contribution in [3.63, 3.8) is 0 Å². The van der Waals surface area contributed by atoms with Crippen LogP contribution in [0.1, 0.15) is 57.4 Å². The Morgan fingerprint density at radius 3 is 3.12 bits per heavy atom. The number of carbonyl (C=O) groups is 1. The highest BCUT2D eigenvalue weighted by atomic mass is 79.9. The van der Waals surface area contributed by atoms with Gasteiger partial charge >= 0.3 is 0 Å². The fourth-order valence-corrected chi connectivity index (χ4v) is 4.68. The minimum atomic E-state index is -0.0462. The molecule has 1 aliphatic heterocycles. The lowest BCUT2D eigenvalue weighted by Gasteiger charge is -2.42. The molecule has 1 fully saturated rings. The normalized spacial score (nSPS) is 24.9. The monoisotopic (exact) mass is 390 g/mol. The third-order valence-corrected chi connectivity index (χ3v) is 6.08. The van der Waals surface area contributed by atoms with E-state index in [-0.39, 0.29) is 11.3 Å². The second kappa shape index (κ2) is 7.30. The van der Waals surface area contributed by atoms with Gasteiger partial charge in [0.1, 0.15) is 0 Å². The summed E-state index contributed by atoms with van der Waals surface area (Å²) in [7, 11) is 0. The molecule has 1 saturated carbocycles. The topological polar surface area (TPSA) is 41.1 Å². The van der Waals surface area contributed by atoms with Crippen molar-refractivity contribution >= 4 is 27.5 Å². The molecular weight excluding hydrogens is 364 g/mol. The van der Waals surface area contributed by atoms with Crippen LogP contribution in [0.15, 0.2) is 34.8 Å². The minimum absolute atomic E-state index is 0.0462. The van der Waals surface area contributed by atoms with Crippen LogP contribution in [0, 0.1) is 0 Å². The Morgan fingerprint density at radius 1 is 1.50 bits per heavy atom. The second-order valence-electron chi connectivity index (χ2n) is 7.06. The fourth-order valence-electron chi connectivity index (χ4n) is 4.32. The summed E-state index contributed by atoms with van der Waals surface area (Å²) < 4.78 is 1.11. The molecule has 1 aromatic carbocycles. The molecule has 130 valence electrons. The summed E-state index contributed by atoms with van der Waals surface area (Å²) in [5.74, 6) is 0.173. The molecule has 24 heavy (non-hydrogen) atoms. The van der Waals surface area contributed by atoms with Gasteiger partial charge in [-0.25, -0.2) is 0 Å². The van der Waals surface area contributed by atoms with E-state index in [1.165, 1.54) is 23.2 Å². The number of amides is 1. The van der Waals surface area contributed by atoms with Crippen molar-refractivity contribution < 1.29 is 4.79 Å². The van der Waals surface area contributed by atoms with Gasteiger partial charge in [-0.15, -0.1) is 0 Å². The zero-order valence-electron chi connectivity index (χ0n) is 14.5. The van der Waals surface area contributed by atoms with Crippen molar-refractivity contribution in [2.75, 3.05) is 11.9 Å². The number of carbonyl (C=O) groups excluding carboxylic acids is 1. The first kappa shape index (κ1) is 17.5. The maximum absolute atomic E-state index is 12.0. The minimum Gasteiger partial charge on any atom is -0.381 e. The molecule has 3 rings (SSSR count). The largest absolute Gasteiger partial charge is 0.381 e. The first-order valence-corrected chi connectivity index (χ1v) is 9.88. The average molecular weight is 391 g/mol. The Balaban J connectivity index is 1.80. The highest BCUT2D eigenvalue weighted by molar-refractivity contribution is 9.10. The van der Waals surface area contributed by atoms with Gasteiger partial charge in [-0.1, -0.05) is 41.4 Å². The number of nitrogens with one attached hydrogen (secondary N) is 2. The molecule has 3 nitrogen and oxygen atoms in total. The van der Waals surface area contributed by atoms with Crippen molar-refractivity contribution in [2.24, 2.45) is 0 Å². The lowest BCUT2D eigenvalue weighted by atomic mass is 9.63. The molecule has 1 amide bonds. The van der Waals surface area contributed by atoms with Crippen LogP contribution in [0.3, 0.4) is 0 Å². The molecule has 0 radical (unpaired) electrons. The zero-order chi connectivity index (χ0) is 17.2. The van der Waals surface area contributed by atoms with Crippen LogP contribution >= 0.6 is 15.9 Å². The molecule has 2 unspecified atom stereocenters. The van der Waals surface area contributed by atoms with E-state index in [9.17, 15) is 4.79 Å². The molecule has 1 aliphatic carbocycles. The second-order valence-corrected chi connectivity index (χ2v) is 7.97. The Morgan fingerprint density at radius 2 is 2.33 bits per heavy atom. The van der Waals surface area contributed by atoms with Gasteiger partial charge in [-0.2, -0.15) is 0 Å². The first-order chi connectivity index (χ1) is 11.6. The molecule has 4 heteroatoms. The van der Waals surface area contributed by atoms with E-state index in [1.54, 1.807) is 0 Å². The Kier molecular flexibility index (Phi) is 5.33. The van der Waals surface area contributed by atoms with Gasteiger partial charge in [0.05, 0.1) is 0 Å². The van der Waals surface area contributed by atoms with Crippen molar-refractivity contribution in [3.05, 3.63) is 40.4 Å². The predicted octanol–water partition coefficient (Wildman–Crippen LogP) is 4.92. The number of hydrogen-bond donors (Lipinski definition) is 2. The number of fused-ring (bicyclic) bond motifs is 3. The fraction of sp³-hybridized carbons (Fsp3) is 0.550. The smallest absolute Gasteiger partial charge is 0.219 e. The summed E-state index contributed by atoms with van der Waals surface area (Å²) in [5.41, 5.74) is 3.83. The molecule has 2 N–H and O–H groups in total. The Hall–Kier alpha value is -1.29. The van der Waals surface area contributed by atoms with E-state index in [0.717, 1.165) is 36.6 Å². The molecule has 2 atom stereocenters. The lowest BCUT2D eigenvalue weighted by molar-refractivity contribution is -0.121. The summed E-state index contributed by atoms with van der Waals surface area (Å²) in [4.78, 5) is 12.0. The number of benzene rings is 1. The number of anilines is 1. The molecule has 0 spiro atoms. The van der Waals surface area contributed by atoms with E-state index < -0.39 is 0 Å². The van der Waals surface area contributed by atoms with Crippen LogP contribution in [0.4, 0.5) is 5.69 Å². The molecule has 1 aromatic rings. The highest BCUT2D eigenvalue weighted by Gasteiger charge is 2.49. The molecule has 1 heterocycles. The van der Waals surface area contributed by atoms with E-state index in [2.05, 4.69) is 58.3 Å². The SMILES string of the molecule is C=C1CCCC2Nc3ccc(Br)cc3C12CCNC(=O)CCCC. The van der Waals surface area contributed by atoms with Gasteiger partial charge in [-0.05, 0) is 55.9 Å². The van der Waals surface area contributed by atoms with Crippen LogP contribution in [0.2, 0.25) is 0 Å². The highest BCUT2D eigenvalue weighted by Crippen LogP contribution is 2.53. The quantitative estimate of drug-likeness (QED) is 0.676. The third kappa shape index (κ3) is 3.13. The van der Waals surface area contributed by atoms with Gasteiger partial charge in [-0.3, -0.25) is 4.79 Å². The summed E-state index contributed by atoms with van der Waals surface area (Å²) >= 11 is 3.62. The number of rotatable bonds is 6. The Labute approximate surface area is 153 Å². The number of hydrogen-bond acceptors (Lipinski definition) is 2. The number of halogens is 1. The van der Waals surface area contributed by atoms with E-state index in [4.69, 9.17) is 0 Å². The standard InChI is InChI=1S/C20H27BrN2O/c1-3-4-8-19(24)22-12-11-20-14(2)6-5-7-18(20)23-17-10-9-15(21)13-16(17)20/h9-10,13,18,23H,2-8,11-12H2,1H3,(H,22,24). The van der Waals surface area contributed by atoms with Crippen LogP contribution in [0.5, 0.6) is 0 Å². The maximum Gasteiger partial charge on any atom is 0.219 e. The van der Waals surface area contributed by atoms with Crippen LogP contribution < -0.4 is 10.6 Å². The molecule has 0 bridgehead atoms. The zero-order valence-corrected chi connectivity index (χ0v) is 16.0. The third-order valence-electron chi connectivity index (χ3n) is 5.59. The van der Waals surface area contributed by atoms with E-state index in [0.29, 0.717) is 19.0 Å². The molecule has 2 aliphatic rings. The Bertz CT molecular complexity index is 643. The lowest BCUT2D eigenvalue weighted by Crippen LogP contribution is -2.45. The summed E-state index contributed by atoms with van der Waals surface area (Å²) in [5, 5.41) is 6.83. The van der Waals surface area contributed by atoms with Gasteiger partial charge in [0.15, 0.2) is 0 Å². The van der Waals surface area contributed by atoms with Crippen LogP contribution in [-0.2, 0) is 10.2 Å². The van der Waals surface area contributed by atoms with Gasteiger partial charge in [0, 0.05) is 34.6 Å². The van der Waals surface area contributed by atoms with E-state index in [1.807, 2.05) is 0 Å². The first-order valence-electron chi connectivity index (χ1n) is 9.09. The van der Waals surface area contributed by atoms with Gasteiger partial charge in [0.25, 0.3) is 0 Å². The molecular formula is C20H27BrN2O. The van der Waals surface area contributed by atoms with Gasteiger partial charge in [0.2, 0.25) is 5.91 Å². The average Bonchev–Trinajstić information content (AvgIpc) is 2.88. The summed E-state index contributed by atoms with van der Waals surface area (Å²) in [6.45, 7) is 7.26. The predicted molar refractivity (Wildman–Crippen MR) is 103 cm³/mol. The van der Waals surface area contributed by atoms with E-state index >= 15 is 0 Å². The van der Waals surface area contributed by atoms with Gasteiger partial charge < -0.3 is 10.6 Å². The van der Waals surface area contributed by atoms with Crippen molar-refractivity contribution in [1.29, 1.82) is 0 Å². The molecule has 0 saturated heterocycles. The van der Waals surface area contributed by atoms with Crippen molar-refractivity contribution in [1.82, 2.24) is 5.32 Å². The van der Waals surface area contributed by atoms with Crippen LogP contribution in [-0.4, -0.2) is 18.5 Å². The van der Waals surface area contributed by atoms with Crippen LogP contribution in [0.25, 0.3) is 0 Å². The number of unbranched alkanes of at least 4 members (excludes halogenated alkanes) is 1.